The molecule has 0 bridgehead atoms. The van der Waals surface area contributed by atoms with Crippen LogP contribution in [0, 0.1) is 11.8 Å². The maximum absolute atomic E-state index is 14.0. The molecule has 2 unspecified atom stereocenters. The van der Waals surface area contributed by atoms with E-state index in [1.54, 1.807) is 18.2 Å². The number of aromatic hydroxyl groups is 1. The molecule has 1 fully saturated rings. The van der Waals surface area contributed by atoms with Gasteiger partial charge in [0.1, 0.15) is 22.8 Å². The van der Waals surface area contributed by atoms with Crippen LogP contribution in [0.4, 0.5) is 0 Å². The molecule has 2 aromatic rings. The van der Waals surface area contributed by atoms with Crippen LogP contribution in [-0.4, -0.2) is 105 Å². The van der Waals surface area contributed by atoms with Crippen LogP contribution in [0.25, 0.3) is 16.9 Å². The predicted molar refractivity (Wildman–Crippen MR) is 160 cm³/mol. The second-order valence-electron chi connectivity index (χ2n) is 11.8. The normalized spacial score (nSPS) is 24.6. The fourth-order valence-electron chi connectivity index (χ4n) is 6.91. The molecule has 14 heteroatoms. The van der Waals surface area contributed by atoms with E-state index >= 15 is 0 Å². The molecule has 0 heterocycles. The number of benzene rings is 2. The molecule has 3 aliphatic rings. The molecule has 2 amide bonds. The zero-order chi connectivity index (χ0) is 33.8. The van der Waals surface area contributed by atoms with E-state index in [1.165, 1.54) is 37.2 Å². The number of nitrogens with zero attached hydrogens (tertiary/aromatic N) is 1. The molecule has 5 rings (SSSR count). The van der Waals surface area contributed by atoms with Crippen molar-refractivity contribution in [2.75, 3.05) is 27.8 Å². The molecule has 0 saturated heterocycles. The van der Waals surface area contributed by atoms with Gasteiger partial charge in [-0.3, -0.25) is 24.1 Å². The summed E-state index contributed by atoms with van der Waals surface area (Å²) in [7, 11) is 4.15. The number of primary amides is 1. The number of rotatable bonds is 7. The van der Waals surface area contributed by atoms with Crippen LogP contribution in [0.15, 0.2) is 53.3 Å². The monoisotopic (exact) mass is 635 g/mol. The highest BCUT2D eigenvalue weighted by atomic mass is 16.5. The number of nitrogens with one attached hydrogen (secondary N) is 1. The third-order valence-electron chi connectivity index (χ3n) is 9.01. The van der Waals surface area contributed by atoms with Crippen molar-refractivity contribution in [1.82, 2.24) is 10.2 Å². The number of aliphatic hydroxyl groups excluding tert-OH is 3. The maximum Gasteiger partial charge on any atom is 0.330 e. The zero-order valence-corrected chi connectivity index (χ0v) is 25.1. The molecular weight excluding hydrogens is 602 g/mol. The number of fused-ring (bicyclic) bond motifs is 3. The summed E-state index contributed by atoms with van der Waals surface area (Å²) in [5.74, 6) is -9.04. The summed E-state index contributed by atoms with van der Waals surface area (Å²) in [5, 5.41) is 57.0. The number of carbonyl (C=O) groups is 5. The zero-order valence-electron chi connectivity index (χ0n) is 25.1. The number of likely N-dealkylation sites (N-methyl/N-ethyl adjacent to an activating group) is 1. The Labute approximate surface area is 262 Å². The van der Waals surface area contributed by atoms with Crippen LogP contribution < -0.4 is 11.1 Å². The van der Waals surface area contributed by atoms with Gasteiger partial charge in [0.25, 0.3) is 11.8 Å². The lowest BCUT2D eigenvalue weighted by molar-refractivity contribution is -0.153. The van der Waals surface area contributed by atoms with Gasteiger partial charge in [-0.05, 0) is 67.7 Å². The van der Waals surface area contributed by atoms with Gasteiger partial charge < -0.3 is 41.3 Å². The van der Waals surface area contributed by atoms with Crippen molar-refractivity contribution < 1.29 is 54.2 Å². The molecule has 1 saturated carbocycles. The first-order chi connectivity index (χ1) is 21.7. The first-order valence-electron chi connectivity index (χ1n) is 14.3. The standard InChI is InChI=1S/C32H33N3O11/c1-35(2)24-18-11-15-10-17-16(13-5-4-6-14(9-13)30(43)34-19(12-36)31(44)46-3)7-8-20(37)22(17)25(38)21(15)27(40)32(18,45)28(41)23(26(24)39)29(33)42/h4-9,15,18-19,24,36-38,41,45H,10-12H2,1-3H3,(H2,33,42)(H,34,43)/t15-,18+,19?,24?,32+/m1/s1. The number of hydrogen-bond donors (Lipinski definition) is 7. The molecular formula is C32H33N3O11. The Morgan fingerprint density at radius 3 is 2.43 bits per heavy atom. The molecule has 5 atom stereocenters. The average molecular weight is 636 g/mol. The number of hydrogen-bond acceptors (Lipinski definition) is 12. The molecule has 3 aliphatic carbocycles. The van der Waals surface area contributed by atoms with E-state index in [2.05, 4.69) is 10.1 Å². The second kappa shape index (κ2) is 11.7. The van der Waals surface area contributed by atoms with Crippen molar-refractivity contribution in [1.29, 1.82) is 0 Å². The number of aliphatic hydroxyl groups is 4. The fraction of sp³-hybridized carbons (Fsp3) is 0.344. The Kier molecular flexibility index (Phi) is 8.23. The van der Waals surface area contributed by atoms with Gasteiger partial charge in [0.15, 0.2) is 17.4 Å². The predicted octanol–water partition coefficient (Wildman–Crippen LogP) is -0.105. The number of esters is 1. The lowest BCUT2D eigenvalue weighted by atomic mass is 9.57. The number of amides is 2. The first kappa shape index (κ1) is 32.3. The molecule has 14 nitrogen and oxygen atoms in total. The van der Waals surface area contributed by atoms with Gasteiger partial charge in [-0.25, -0.2) is 4.79 Å². The van der Waals surface area contributed by atoms with Crippen LogP contribution in [0.3, 0.4) is 0 Å². The van der Waals surface area contributed by atoms with Gasteiger partial charge >= 0.3 is 5.97 Å². The van der Waals surface area contributed by atoms with Crippen molar-refractivity contribution in [3.8, 4) is 16.9 Å². The molecule has 242 valence electrons. The first-order valence-corrected chi connectivity index (χ1v) is 14.3. The van der Waals surface area contributed by atoms with Crippen molar-refractivity contribution in [3.63, 3.8) is 0 Å². The number of phenolic OH excluding ortho intramolecular Hbond substituents is 1. The van der Waals surface area contributed by atoms with E-state index in [0.29, 0.717) is 16.7 Å². The van der Waals surface area contributed by atoms with Gasteiger partial charge in [-0.15, -0.1) is 0 Å². The van der Waals surface area contributed by atoms with Gasteiger partial charge in [-0.1, -0.05) is 18.2 Å². The summed E-state index contributed by atoms with van der Waals surface area (Å²) in [4.78, 5) is 65.7. The van der Waals surface area contributed by atoms with E-state index in [9.17, 15) is 49.5 Å². The number of ether oxygens (including phenoxy) is 1. The Bertz CT molecular complexity index is 1760. The van der Waals surface area contributed by atoms with E-state index in [1.807, 2.05) is 0 Å². The third kappa shape index (κ3) is 4.81. The maximum atomic E-state index is 14.0. The van der Waals surface area contributed by atoms with Crippen molar-refractivity contribution in [3.05, 3.63) is 70.0 Å². The largest absolute Gasteiger partial charge is 0.508 e. The molecule has 0 aliphatic heterocycles. The van der Waals surface area contributed by atoms with Crippen LogP contribution in [0.5, 0.6) is 5.75 Å². The van der Waals surface area contributed by atoms with Gasteiger partial charge in [-0.2, -0.15) is 0 Å². The minimum Gasteiger partial charge on any atom is -0.508 e. The summed E-state index contributed by atoms with van der Waals surface area (Å²) in [6.45, 7) is -0.689. The number of Topliss-reactive ketones (excluding diaryl/α,β-unsaturated/α-hetero) is 2. The Balaban J connectivity index is 1.62. The highest BCUT2D eigenvalue weighted by Crippen LogP contribution is 2.53. The van der Waals surface area contributed by atoms with E-state index in [-0.39, 0.29) is 35.3 Å². The van der Waals surface area contributed by atoms with Crippen molar-refractivity contribution >= 4 is 35.1 Å². The van der Waals surface area contributed by atoms with E-state index in [0.717, 1.165) is 7.11 Å². The molecule has 46 heavy (non-hydrogen) atoms. The molecule has 2 aromatic carbocycles. The number of carbonyl (C=O) groups excluding carboxylic acids is 5. The lowest BCUT2D eigenvalue weighted by Gasteiger charge is -2.50. The highest BCUT2D eigenvalue weighted by Gasteiger charge is 2.64. The Morgan fingerprint density at radius 1 is 1.13 bits per heavy atom. The van der Waals surface area contributed by atoms with Crippen LogP contribution in [0.2, 0.25) is 0 Å². The average Bonchev–Trinajstić information content (AvgIpc) is 3.01. The molecule has 0 radical (unpaired) electrons. The number of nitrogens with two attached hydrogens (primary N) is 1. The minimum absolute atomic E-state index is 0.0453. The van der Waals surface area contributed by atoms with E-state index < -0.39 is 82.6 Å². The minimum atomic E-state index is -2.75. The summed E-state index contributed by atoms with van der Waals surface area (Å²) in [6.07, 6.45) is -0.0387. The second-order valence-corrected chi connectivity index (χ2v) is 11.8. The van der Waals surface area contributed by atoms with Crippen LogP contribution in [-0.2, 0) is 30.3 Å². The van der Waals surface area contributed by atoms with E-state index in [4.69, 9.17) is 5.73 Å². The smallest absolute Gasteiger partial charge is 0.330 e. The summed E-state index contributed by atoms with van der Waals surface area (Å²) < 4.78 is 4.59. The molecule has 0 aromatic heterocycles. The van der Waals surface area contributed by atoms with Gasteiger partial charge in [0, 0.05) is 17.1 Å². The number of ketones is 2. The highest BCUT2D eigenvalue weighted by molar-refractivity contribution is 6.24. The SMILES string of the molecule is COC(=O)C(CO)NC(=O)c1cccc(-c2ccc(O)c3c2C[C@@H]2C[C@H]4C(N(C)C)C(=O)C(C(N)=O)=C(O)[C@@]4(O)C(=O)C2=C3O)c1. The fourth-order valence-corrected chi connectivity index (χ4v) is 6.91. The molecule has 0 spiro atoms. The van der Waals surface area contributed by atoms with Gasteiger partial charge in [0.05, 0.1) is 25.3 Å². The topological polar surface area (TPSA) is 237 Å². The summed E-state index contributed by atoms with van der Waals surface area (Å²) >= 11 is 0. The Morgan fingerprint density at radius 2 is 1.83 bits per heavy atom. The summed E-state index contributed by atoms with van der Waals surface area (Å²) in [6, 6.07) is 6.57. The molecule has 8 N–H and O–H groups in total. The van der Waals surface area contributed by atoms with Gasteiger partial charge in [0.2, 0.25) is 5.78 Å². The number of methoxy groups -OCH3 is 1. The summed E-state index contributed by atoms with van der Waals surface area (Å²) in [5.41, 5.74) is 2.81. The third-order valence-corrected chi connectivity index (χ3v) is 9.01. The van der Waals surface area contributed by atoms with Crippen LogP contribution >= 0.6 is 0 Å². The number of phenols is 1. The Hall–Kier alpha value is -5.05. The van der Waals surface area contributed by atoms with Crippen molar-refractivity contribution in [2.24, 2.45) is 17.6 Å². The van der Waals surface area contributed by atoms with Crippen LogP contribution in [0.1, 0.15) is 27.9 Å². The van der Waals surface area contributed by atoms with Crippen molar-refractivity contribution in [2.45, 2.75) is 30.5 Å². The lowest BCUT2D eigenvalue weighted by Crippen LogP contribution is -2.65. The quantitative estimate of drug-likeness (QED) is 0.156.